The van der Waals surface area contributed by atoms with E-state index in [1.165, 1.54) is 4.88 Å². The van der Waals surface area contributed by atoms with E-state index >= 15 is 0 Å². The summed E-state index contributed by atoms with van der Waals surface area (Å²) >= 11 is 1.79. The summed E-state index contributed by atoms with van der Waals surface area (Å²) in [6.07, 6.45) is 1.06. The van der Waals surface area contributed by atoms with Crippen LogP contribution in [0.25, 0.3) is 0 Å². The number of nitrogens with zero attached hydrogens (tertiary/aromatic N) is 2. The molecule has 1 aliphatic rings. The van der Waals surface area contributed by atoms with E-state index in [-0.39, 0.29) is 0 Å². The summed E-state index contributed by atoms with van der Waals surface area (Å²) in [5, 5.41) is 2.11. The second-order valence-corrected chi connectivity index (χ2v) is 7.19. The molecule has 1 saturated heterocycles. The minimum Gasteiger partial charge on any atom is -0.298 e. The summed E-state index contributed by atoms with van der Waals surface area (Å²) < 4.78 is 27.7. The zero-order valence-electron chi connectivity index (χ0n) is 13.4. The molecule has 1 aromatic carbocycles. The highest BCUT2D eigenvalue weighted by atomic mass is 32.1. The molecule has 0 spiro atoms. The molecular formula is C18H22F2N2S. The quantitative estimate of drug-likeness (QED) is 0.831. The van der Waals surface area contributed by atoms with Crippen LogP contribution in [0.15, 0.2) is 29.6 Å². The largest absolute Gasteiger partial charge is 0.298 e. The van der Waals surface area contributed by atoms with Gasteiger partial charge in [0.25, 0.3) is 0 Å². The van der Waals surface area contributed by atoms with Gasteiger partial charge in [0.2, 0.25) is 0 Å². The molecule has 0 aliphatic carbocycles. The molecule has 0 amide bonds. The van der Waals surface area contributed by atoms with Gasteiger partial charge < -0.3 is 0 Å². The van der Waals surface area contributed by atoms with E-state index in [2.05, 4.69) is 27.3 Å². The standard InChI is InChI=1S/C18H22F2N2S/c1-14-5-6-15(18(20)17(14)19)12-21-7-3-8-22(10-9-21)13-16-4-2-11-23-16/h2,4-6,11H,3,7-10,12-13H2,1H3. The second-order valence-electron chi connectivity index (χ2n) is 6.15. The summed E-state index contributed by atoms with van der Waals surface area (Å²) in [4.78, 5) is 6.05. The monoisotopic (exact) mass is 336 g/mol. The van der Waals surface area contributed by atoms with Crippen molar-refractivity contribution in [1.29, 1.82) is 0 Å². The Morgan fingerprint density at radius 2 is 1.70 bits per heavy atom. The number of hydrogen-bond acceptors (Lipinski definition) is 3. The fourth-order valence-corrected chi connectivity index (χ4v) is 3.76. The van der Waals surface area contributed by atoms with Gasteiger partial charge in [0.05, 0.1) is 0 Å². The molecule has 0 bridgehead atoms. The zero-order valence-corrected chi connectivity index (χ0v) is 14.2. The highest BCUT2D eigenvalue weighted by Crippen LogP contribution is 2.19. The van der Waals surface area contributed by atoms with Crippen LogP contribution < -0.4 is 0 Å². The van der Waals surface area contributed by atoms with E-state index in [0.717, 1.165) is 39.1 Å². The Kier molecular flexibility index (Phi) is 5.41. The Morgan fingerprint density at radius 1 is 0.957 bits per heavy atom. The van der Waals surface area contributed by atoms with Gasteiger partial charge in [0.15, 0.2) is 11.6 Å². The van der Waals surface area contributed by atoms with Crippen molar-refractivity contribution in [3.8, 4) is 0 Å². The number of benzene rings is 1. The van der Waals surface area contributed by atoms with Crippen LogP contribution in [0.2, 0.25) is 0 Å². The Balaban J connectivity index is 1.59. The van der Waals surface area contributed by atoms with Gasteiger partial charge in [-0.25, -0.2) is 8.78 Å². The number of thiophene rings is 1. The highest BCUT2D eigenvalue weighted by Gasteiger charge is 2.18. The lowest BCUT2D eigenvalue weighted by atomic mass is 10.1. The third-order valence-electron chi connectivity index (χ3n) is 4.39. The second kappa shape index (κ2) is 7.51. The van der Waals surface area contributed by atoms with Crippen LogP contribution in [-0.2, 0) is 13.1 Å². The van der Waals surface area contributed by atoms with E-state index in [1.807, 2.05) is 0 Å². The van der Waals surface area contributed by atoms with Crippen molar-refractivity contribution in [3.05, 3.63) is 57.3 Å². The van der Waals surface area contributed by atoms with Gasteiger partial charge >= 0.3 is 0 Å². The first-order chi connectivity index (χ1) is 11.1. The minimum atomic E-state index is -0.711. The average molecular weight is 336 g/mol. The van der Waals surface area contributed by atoms with Crippen molar-refractivity contribution in [2.45, 2.75) is 26.4 Å². The maximum atomic E-state index is 14.0. The molecule has 0 unspecified atom stereocenters. The number of hydrogen-bond donors (Lipinski definition) is 0. The van der Waals surface area contributed by atoms with Crippen LogP contribution in [0.5, 0.6) is 0 Å². The molecule has 23 heavy (non-hydrogen) atoms. The Morgan fingerprint density at radius 3 is 2.39 bits per heavy atom. The van der Waals surface area contributed by atoms with Crippen LogP contribution in [0, 0.1) is 18.6 Å². The van der Waals surface area contributed by atoms with Gasteiger partial charge in [0.1, 0.15) is 0 Å². The molecule has 1 aromatic heterocycles. The molecular weight excluding hydrogens is 314 g/mol. The maximum Gasteiger partial charge on any atom is 0.163 e. The van der Waals surface area contributed by atoms with Gasteiger partial charge in [-0.05, 0) is 43.4 Å². The summed E-state index contributed by atoms with van der Waals surface area (Å²) in [6.45, 7) is 6.90. The minimum absolute atomic E-state index is 0.365. The summed E-state index contributed by atoms with van der Waals surface area (Å²) in [6, 6.07) is 7.62. The van der Waals surface area contributed by atoms with Crippen LogP contribution in [0.3, 0.4) is 0 Å². The lowest BCUT2D eigenvalue weighted by Gasteiger charge is -2.22. The molecule has 2 heterocycles. The van der Waals surface area contributed by atoms with E-state index < -0.39 is 11.6 Å². The first-order valence-corrected chi connectivity index (χ1v) is 8.92. The molecule has 5 heteroatoms. The SMILES string of the molecule is Cc1ccc(CN2CCCN(Cc3cccs3)CC2)c(F)c1F. The first-order valence-electron chi connectivity index (χ1n) is 8.04. The lowest BCUT2D eigenvalue weighted by Crippen LogP contribution is -2.30. The highest BCUT2D eigenvalue weighted by molar-refractivity contribution is 7.09. The van der Waals surface area contributed by atoms with Crippen molar-refractivity contribution in [2.24, 2.45) is 0 Å². The average Bonchev–Trinajstić information content (AvgIpc) is 2.95. The third kappa shape index (κ3) is 4.16. The first kappa shape index (κ1) is 16.6. The molecule has 1 fully saturated rings. The van der Waals surface area contributed by atoms with E-state index in [0.29, 0.717) is 17.7 Å². The van der Waals surface area contributed by atoms with Gasteiger partial charge in [-0.1, -0.05) is 18.2 Å². The summed E-state index contributed by atoms with van der Waals surface area (Å²) in [7, 11) is 0. The molecule has 124 valence electrons. The molecule has 0 atom stereocenters. The zero-order chi connectivity index (χ0) is 16.2. The van der Waals surface area contributed by atoms with E-state index in [9.17, 15) is 8.78 Å². The fraction of sp³-hybridized carbons (Fsp3) is 0.444. The van der Waals surface area contributed by atoms with Crippen molar-refractivity contribution in [1.82, 2.24) is 9.80 Å². The topological polar surface area (TPSA) is 6.48 Å². The van der Waals surface area contributed by atoms with Crippen LogP contribution in [0.4, 0.5) is 8.78 Å². The van der Waals surface area contributed by atoms with Gasteiger partial charge in [-0.15, -0.1) is 11.3 Å². The molecule has 0 saturated carbocycles. The van der Waals surface area contributed by atoms with Gasteiger partial charge in [0, 0.05) is 36.6 Å². The van der Waals surface area contributed by atoms with Crippen molar-refractivity contribution < 1.29 is 8.78 Å². The summed E-state index contributed by atoms with van der Waals surface area (Å²) in [5.41, 5.74) is 0.823. The lowest BCUT2D eigenvalue weighted by molar-refractivity contribution is 0.245. The van der Waals surface area contributed by atoms with Crippen LogP contribution in [0.1, 0.15) is 22.4 Å². The van der Waals surface area contributed by atoms with E-state index in [4.69, 9.17) is 0 Å². The molecule has 2 nitrogen and oxygen atoms in total. The number of rotatable bonds is 4. The predicted octanol–water partition coefficient (Wildman–Crippen LogP) is 4.04. The van der Waals surface area contributed by atoms with Gasteiger partial charge in [-0.2, -0.15) is 0 Å². The van der Waals surface area contributed by atoms with Crippen LogP contribution in [-0.4, -0.2) is 36.0 Å². The van der Waals surface area contributed by atoms with Crippen molar-refractivity contribution in [3.63, 3.8) is 0 Å². The molecule has 0 radical (unpaired) electrons. The Hall–Kier alpha value is -1.30. The summed E-state index contributed by atoms with van der Waals surface area (Å²) in [5.74, 6) is -1.40. The van der Waals surface area contributed by atoms with Crippen molar-refractivity contribution in [2.75, 3.05) is 26.2 Å². The third-order valence-corrected chi connectivity index (χ3v) is 5.25. The molecule has 2 aromatic rings. The fourth-order valence-electron chi connectivity index (χ4n) is 3.01. The van der Waals surface area contributed by atoms with Crippen LogP contribution >= 0.6 is 11.3 Å². The van der Waals surface area contributed by atoms with Crippen molar-refractivity contribution >= 4 is 11.3 Å². The maximum absolute atomic E-state index is 14.0. The Labute approximate surface area is 140 Å². The normalized spacial score (nSPS) is 17.3. The predicted molar refractivity (Wildman–Crippen MR) is 90.6 cm³/mol. The van der Waals surface area contributed by atoms with Gasteiger partial charge in [-0.3, -0.25) is 9.80 Å². The van der Waals surface area contributed by atoms with E-state index in [1.54, 1.807) is 30.4 Å². The molecule has 0 N–H and O–H groups in total. The number of halogens is 2. The number of aryl methyl sites for hydroxylation is 1. The smallest absolute Gasteiger partial charge is 0.163 e. The molecule has 1 aliphatic heterocycles. The Bertz CT molecular complexity index is 643. The molecule has 3 rings (SSSR count).